The van der Waals surface area contributed by atoms with Crippen LogP contribution in [0.3, 0.4) is 0 Å². The summed E-state index contributed by atoms with van der Waals surface area (Å²) >= 11 is 11.8. The number of nitrogens with one attached hydrogen (secondary N) is 1. The molecule has 0 atom stereocenters. The lowest BCUT2D eigenvalue weighted by molar-refractivity contribution is 0.0690. The first-order valence-electron chi connectivity index (χ1n) is 7.07. The van der Waals surface area contributed by atoms with Crippen LogP contribution in [0.15, 0.2) is 18.2 Å². The average Bonchev–Trinajstić information content (AvgIpc) is 2.48. The van der Waals surface area contributed by atoms with Crippen molar-refractivity contribution in [3.05, 3.63) is 33.8 Å². The first kappa shape index (κ1) is 15.6. The molecule has 0 bridgehead atoms. The Morgan fingerprint density at radius 3 is 2.60 bits per heavy atom. The standard InChI is InChI=1S/C15H20Cl2N2O/c1-2-18-10-11-5-7-19(8-6-11)15(20)12-3-4-13(16)14(17)9-12/h3-4,9,11,18H,2,5-8,10H2,1H3. The van der Waals surface area contributed by atoms with Crippen molar-refractivity contribution < 1.29 is 4.79 Å². The minimum absolute atomic E-state index is 0.0467. The van der Waals surface area contributed by atoms with Gasteiger partial charge in [-0.3, -0.25) is 4.79 Å². The molecule has 1 aromatic rings. The van der Waals surface area contributed by atoms with E-state index in [0.717, 1.165) is 39.0 Å². The molecule has 0 aliphatic carbocycles. The van der Waals surface area contributed by atoms with Crippen LogP contribution >= 0.6 is 23.2 Å². The molecule has 1 aliphatic rings. The maximum absolute atomic E-state index is 12.4. The Bertz CT molecular complexity index is 471. The van der Waals surface area contributed by atoms with Crippen LogP contribution in [0.1, 0.15) is 30.1 Å². The Morgan fingerprint density at radius 1 is 1.30 bits per heavy atom. The molecule has 2 rings (SSSR count). The second-order valence-corrected chi connectivity index (χ2v) is 5.99. The highest BCUT2D eigenvalue weighted by Crippen LogP contribution is 2.24. The zero-order valence-corrected chi connectivity index (χ0v) is 13.2. The summed E-state index contributed by atoms with van der Waals surface area (Å²) in [5, 5.41) is 4.28. The molecule has 3 nitrogen and oxygen atoms in total. The van der Waals surface area contributed by atoms with Crippen LogP contribution in [0.2, 0.25) is 10.0 Å². The second kappa shape index (κ2) is 7.30. The van der Waals surface area contributed by atoms with Crippen LogP contribution in [0.5, 0.6) is 0 Å². The van der Waals surface area contributed by atoms with Crippen LogP contribution in [-0.4, -0.2) is 37.0 Å². The minimum atomic E-state index is 0.0467. The first-order chi connectivity index (χ1) is 9.61. The molecule has 1 amide bonds. The number of piperidine rings is 1. The molecule has 0 spiro atoms. The van der Waals surface area contributed by atoms with Gasteiger partial charge in [0.05, 0.1) is 10.0 Å². The Labute approximate surface area is 130 Å². The summed E-state index contributed by atoms with van der Waals surface area (Å²) in [5.41, 5.74) is 0.615. The number of halogens is 2. The number of carbonyl (C=O) groups excluding carboxylic acids is 1. The zero-order valence-electron chi connectivity index (χ0n) is 11.7. The van der Waals surface area contributed by atoms with Gasteiger partial charge >= 0.3 is 0 Å². The molecule has 1 saturated heterocycles. The number of likely N-dealkylation sites (tertiary alicyclic amines) is 1. The van der Waals surface area contributed by atoms with Gasteiger partial charge in [0, 0.05) is 18.7 Å². The molecule has 20 heavy (non-hydrogen) atoms. The quantitative estimate of drug-likeness (QED) is 0.923. The lowest BCUT2D eigenvalue weighted by atomic mass is 9.96. The van der Waals surface area contributed by atoms with Crippen LogP contribution in [0.25, 0.3) is 0 Å². The first-order valence-corrected chi connectivity index (χ1v) is 7.82. The summed E-state index contributed by atoms with van der Waals surface area (Å²) in [6, 6.07) is 5.06. The van der Waals surface area contributed by atoms with E-state index < -0.39 is 0 Å². The molecule has 110 valence electrons. The van der Waals surface area contributed by atoms with Crippen LogP contribution in [-0.2, 0) is 0 Å². The number of benzene rings is 1. The minimum Gasteiger partial charge on any atom is -0.339 e. The third-order valence-electron chi connectivity index (χ3n) is 3.75. The summed E-state index contributed by atoms with van der Waals surface area (Å²) in [5.74, 6) is 0.721. The molecular formula is C15H20Cl2N2O. The molecule has 1 N–H and O–H groups in total. The third kappa shape index (κ3) is 3.87. The molecule has 0 saturated carbocycles. The monoisotopic (exact) mass is 314 g/mol. The van der Waals surface area contributed by atoms with Gasteiger partial charge in [-0.05, 0) is 50.0 Å². The summed E-state index contributed by atoms with van der Waals surface area (Å²) < 4.78 is 0. The second-order valence-electron chi connectivity index (χ2n) is 5.17. The highest BCUT2D eigenvalue weighted by Gasteiger charge is 2.23. The Hall–Kier alpha value is -0.770. The van der Waals surface area contributed by atoms with Gasteiger partial charge in [-0.25, -0.2) is 0 Å². The topological polar surface area (TPSA) is 32.3 Å². The average molecular weight is 315 g/mol. The van der Waals surface area contributed by atoms with E-state index in [1.165, 1.54) is 0 Å². The smallest absolute Gasteiger partial charge is 0.253 e. The summed E-state index contributed by atoms with van der Waals surface area (Å²) in [6.07, 6.45) is 2.11. The van der Waals surface area contributed by atoms with Crippen molar-refractivity contribution in [2.75, 3.05) is 26.2 Å². The predicted octanol–water partition coefficient (Wildman–Crippen LogP) is 3.46. The highest BCUT2D eigenvalue weighted by molar-refractivity contribution is 6.42. The van der Waals surface area contributed by atoms with Crippen molar-refractivity contribution in [1.82, 2.24) is 10.2 Å². The van der Waals surface area contributed by atoms with Gasteiger partial charge in [0.25, 0.3) is 5.91 Å². The number of rotatable bonds is 4. The van der Waals surface area contributed by atoms with Crippen molar-refractivity contribution >= 4 is 29.1 Å². The molecule has 1 heterocycles. The van der Waals surface area contributed by atoms with Crippen LogP contribution in [0, 0.1) is 5.92 Å². The number of carbonyl (C=O) groups is 1. The van der Waals surface area contributed by atoms with Crippen molar-refractivity contribution in [2.45, 2.75) is 19.8 Å². The van der Waals surface area contributed by atoms with Gasteiger partial charge in [0.1, 0.15) is 0 Å². The number of hydrogen-bond acceptors (Lipinski definition) is 2. The normalized spacial score (nSPS) is 16.4. The van der Waals surface area contributed by atoms with Gasteiger partial charge in [0.2, 0.25) is 0 Å². The molecule has 1 aromatic carbocycles. The molecular weight excluding hydrogens is 295 g/mol. The van der Waals surface area contributed by atoms with Gasteiger partial charge < -0.3 is 10.2 Å². The van der Waals surface area contributed by atoms with Crippen molar-refractivity contribution in [2.24, 2.45) is 5.92 Å². The molecule has 0 unspecified atom stereocenters. The third-order valence-corrected chi connectivity index (χ3v) is 4.49. The van der Waals surface area contributed by atoms with Gasteiger partial charge in [0.15, 0.2) is 0 Å². The van der Waals surface area contributed by atoms with E-state index in [4.69, 9.17) is 23.2 Å². The van der Waals surface area contributed by atoms with Crippen molar-refractivity contribution in [1.29, 1.82) is 0 Å². The van der Waals surface area contributed by atoms with E-state index in [1.54, 1.807) is 18.2 Å². The lowest BCUT2D eigenvalue weighted by Gasteiger charge is -2.32. The fourth-order valence-corrected chi connectivity index (χ4v) is 2.80. The van der Waals surface area contributed by atoms with Gasteiger partial charge in [-0.2, -0.15) is 0 Å². The van der Waals surface area contributed by atoms with Gasteiger partial charge in [-0.15, -0.1) is 0 Å². The maximum atomic E-state index is 12.4. The Morgan fingerprint density at radius 2 is 2.00 bits per heavy atom. The highest BCUT2D eigenvalue weighted by atomic mass is 35.5. The zero-order chi connectivity index (χ0) is 14.5. The van der Waals surface area contributed by atoms with E-state index in [9.17, 15) is 4.79 Å². The van der Waals surface area contributed by atoms with E-state index in [1.807, 2.05) is 4.90 Å². The van der Waals surface area contributed by atoms with Crippen LogP contribution < -0.4 is 5.32 Å². The maximum Gasteiger partial charge on any atom is 0.253 e. The Balaban J connectivity index is 1.92. The SMILES string of the molecule is CCNCC1CCN(C(=O)c2ccc(Cl)c(Cl)c2)CC1. The molecule has 0 aromatic heterocycles. The Kier molecular flexibility index (Phi) is 5.70. The number of nitrogens with zero attached hydrogens (tertiary/aromatic N) is 1. The summed E-state index contributed by atoms with van der Waals surface area (Å²) in [7, 11) is 0. The number of amides is 1. The van der Waals surface area contributed by atoms with Crippen LogP contribution in [0.4, 0.5) is 0 Å². The fraction of sp³-hybridized carbons (Fsp3) is 0.533. The largest absolute Gasteiger partial charge is 0.339 e. The lowest BCUT2D eigenvalue weighted by Crippen LogP contribution is -2.40. The van der Waals surface area contributed by atoms with E-state index in [0.29, 0.717) is 21.5 Å². The van der Waals surface area contributed by atoms with Crippen molar-refractivity contribution in [3.8, 4) is 0 Å². The molecule has 5 heteroatoms. The van der Waals surface area contributed by atoms with E-state index >= 15 is 0 Å². The fourth-order valence-electron chi connectivity index (χ4n) is 2.50. The molecule has 1 fully saturated rings. The van der Waals surface area contributed by atoms with Crippen molar-refractivity contribution in [3.63, 3.8) is 0 Å². The van der Waals surface area contributed by atoms with E-state index in [-0.39, 0.29) is 5.91 Å². The van der Waals surface area contributed by atoms with E-state index in [2.05, 4.69) is 12.2 Å². The number of hydrogen-bond donors (Lipinski definition) is 1. The molecule has 0 radical (unpaired) electrons. The van der Waals surface area contributed by atoms with Gasteiger partial charge in [-0.1, -0.05) is 30.1 Å². The predicted molar refractivity (Wildman–Crippen MR) is 83.6 cm³/mol. The summed E-state index contributed by atoms with van der Waals surface area (Å²) in [6.45, 7) is 5.79. The molecule has 1 aliphatic heterocycles. The summed E-state index contributed by atoms with van der Waals surface area (Å²) in [4.78, 5) is 14.3.